The van der Waals surface area contributed by atoms with E-state index < -0.39 is 31.7 Å². The largest absolute Gasteiger partial charge is 0.472 e. The Balaban J connectivity index is 4.58. The van der Waals surface area contributed by atoms with Gasteiger partial charge in [-0.05, 0) is 18.8 Å². The Labute approximate surface area is 228 Å². The van der Waals surface area contributed by atoms with E-state index in [9.17, 15) is 14.5 Å². The molecule has 0 radical (unpaired) electrons. The van der Waals surface area contributed by atoms with E-state index in [2.05, 4.69) is 31.2 Å². The molecule has 0 fully saturated rings. The predicted octanol–water partition coefficient (Wildman–Crippen LogP) is 8.53. The number of esters is 1. The van der Waals surface area contributed by atoms with Crippen LogP contribution in [0.3, 0.4) is 0 Å². The third-order valence-corrected chi connectivity index (χ3v) is 7.69. The lowest BCUT2D eigenvalue weighted by atomic mass is 9.91. The van der Waals surface area contributed by atoms with Gasteiger partial charge in [0.05, 0.1) is 7.11 Å². The maximum Gasteiger partial charge on any atom is 0.472 e. The molecule has 36 heavy (non-hydrogen) atoms. The first kappa shape index (κ1) is 35.8. The van der Waals surface area contributed by atoms with Gasteiger partial charge >= 0.3 is 20.0 Å². The molecule has 0 aliphatic carbocycles. The highest BCUT2D eigenvalue weighted by Gasteiger charge is 2.51. The van der Waals surface area contributed by atoms with Gasteiger partial charge in [-0.1, -0.05) is 134 Å². The molecule has 0 aromatic rings. The number of hydrogen-bond acceptors (Lipinski definition) is 7. The summed E-state index contributed by atoms with van der Waals surface area (Å²) in [6.07, 6.45) is 22.2. The molecule has 0 heterocycles. The van der Waals surface area contributed by atoms with Crippen LogP contribution in [0.5, 0.6) is 0 Å². The van der Waals surface area contributed by atoms with Gasteiger partial charge in [-0.15, -0.1) is 12.6 Å². The average molecular weight is 552 g/mol. The number of ether oxygens (including phenoxy) is 3. The van der Waals surface area contributed by atoms with E-state index in [1.165, 1.54) is 96.3 Å². The Morgan fingerprint density at radius 2 is 1.28 bits per heavy atom. The smallest absolute Gasteiger partial charge is 0.461 e. The Hall–Kier alpha value is -0.200. The molecule has 0 aliphatic heterocycles. The summed E-state index contributed by atoms with van der Waals surface area (Å²) in [5.74, 6) is -0.582. The average Bonchev–Trinajstić information content (AvgIpc) is 2.88. The van der Waals surface area contributed by atoms with Gasteiger partial charge < -0.3 is 14.6 Å². The van der Waals surface area contributed by atoms with Crippen LogP contribution in [-0.2, 0) is 23.6 Å². The molecular weight excluding hydrogens is 495 g/mol. The second kappa shape index (κ2) is 23.9. The standard InChI is InChI=1S/C28H55O6PS/c1-5-8-10-12-13-14-15-16-18-20-22-24(21-19-17-11-9-6-2)23-26(36)33-25(7-3)34-28(30,35-31)27(29)32-4/h24-26,30,36H,5-23H2,1-4H3/p+1. The zero-order valence-electron chi connectivity index (χ0n) is 23.6. The molecule has 0 saturated heterocycles. The first-order valence-electron chi connectivity index (χ1n) is 14.6. The fraction of sp³-hybridized carbons (Fsp3) is 0.964. The van der Waals surface area contributed by atoms with Crippen molar-refractivity contribution in [3.8, 4) is 0 Å². The third kappa shape index (κ3) is 18.1. The van der Waals surface area contributed by atoms with Crippen LogP contribution in [0.15, 0.2) is 0 Å². The number of hydrogen-bond donors (Lipinski definition) is 2. The van der Waals surface area contributed by atoms with Crippen LogP contribution in [0.25, 0.3) is 0 Å². The van der Waals surface area contributed by atoms with E-state index in [-0.39, 0.29) is 0 Å². The molecule has 8 heteroatoms. The zero-order valence-corrected chi connectivity index (χ0v) is 25.5. The molecule has 0 spiro atoms. The maximum atomic E-state index is 11.8. The normalized spacial score (nSPS) is 15.9. The molecule has 214 valence electrons. The second-order valence-corrected chi connectivity index (χ2v) is 11.5. The number of methoxy groups -OCH3 is 1. The quantitative estimate of drug-likeness (QED) is 0.0368. The van der Waals surface area contributed by atoms with Crippen molar-refractivity contribution >= 4 is 27.1 Å². The highest BCUT2D eigenvalue weighted by atomic mass is 32.1. The molecule has 0 aromatic carbocycles. The minimum Gasteiger partial charge on any atom is -0.461 e. The molecule has 0 amide bonds. The van der Waals surface area contributed by atoms with Crippen molar-refractivity contribution in [2.75, 3.05) is 7.11 Å². The van der Waals surface area contributed by atoms with Gasteiger partial charge in [0.25, 0.3) is 0 Å². The van der Waals surface area contributed by atoms with Crippen LogP contribution >= 0.6 is 21.1 Å². The summed E-state index contributed by atoms with van der Waals surface area (Å²) < 4.78 is 27.2. The van der Waals surface area contributed by atoms with Crippen molar-refractivity contribution in [1.29, 1.82) is 0 Å². The molecule has 0 aliphatic rings. The Bertz CT molecular complexity index is 538. The topological polar surface area (TPSA) is 82.1 Å². The van der Waals surface area contributed by atoms with Crippen LogP contribution in [0.1, 0.15) is 143 Å². The molecule has 0 rings (SSSR count). The first-order valence-corrected chi connectivity index (χ1v) is 16.0. The minimum atomic E-state index is -2.52. The van der Waals surface area contributed by atoms with E-state index >= 15 is 0 Å². The number of unbranched alkanes of at least 4 members (excludes halogenated alkanes) is 13. The molecule has 5 atom stereocenters. The van der Waals surface area contributed by atoms with Crippen molar-refractivity contribution in [2.45, 2.75) is 160 Å². The summed E-state index contributed by atoms with van der Waals surface area (Å²) in [6, 6.07) is 0. The summed E-state index contributed by atoms with van der Waals surface area (Å²) in [7, 11) is -0.311. The van der Waals surface area contributed by atoms with Gasteiger partial charge in [-0.3, -0.25) is 4.74 Å². The summed E-state index contributed by atoms with van der Waals surface area (Å²) in [4.78, 5) is 11.8. The number of rotatable bonds is 26. The summed E-state index contributed by atoms with van der Waals surface area (Å²) in [6.45, 7) is 6.31. The predicted molar refractivity (Wildman–Crippen MR) is 153 cm³/mol. The highest BCUT2D eigenvalue weighted by molar-refractivity contribution is 7.80. The molecular formula is C28H56O6PS+. The second-order valence-electron chi connectivity index (χ2n) is 10.1. The van der Waals surface area contributed by atoms with Crippen LogP contribution in [0.2, 0.25) is 0 Å². The van der Waals surface area contributed by atoms with Crippen molar-refractivity contribution in [3.05, 3.63) is 0 Å². The third-order valence-electron chi connectivity index (χ3n) is 6.76. The first-order chi connectivity index (χ1) is 17.4. The van der Waals surface area contributed by atoms with Crippen molar-refractivity contribution in [2.24, 2.45) is 5.92 Å². The van der Waals surface area contributed by atoms with Crippen LogP contribution in [-0.4, -0.2) is 35.4 Å². The lowest BCUT2D eigenvalue weighted by Gasteiger charge is -2.26. The van der Waals surface area contributed by atoms with Crippen molar-refractivity contribution in [3.63, 3.8) is 0 Å². The van der Waals surface area contributed by atoms with E-state index in [1.807, 2.05) is 6.92 Å². The number of aliphatic hydroxyl groups is 1. The van der Waals surface area contributed by atoms with Gasteiger partial charge in [0.2, 0.25) is 0 Å². The van der Waals surface area contributed by atoms with E-state index in [4.69, 9.17) is 9.47 Å². The fourth-order valence-electron chi connectivity index (χ4n) is 4.50. The van der Waals surface area contributed by atoms with E-state index in [0.717, 1.165) is 26.4 Å². The van der Waals surface area contributed by atoms with Crippen molar-refractivity contribution < 1.29 is 28.7 Å². The molecule has 0 saturated carbocycles. The Kier molecular flexibility index (Phi) is 23.8. The zero-order chi connectivity index (χ0) is 27.1. The Morgan fingerprint density at radius 3 is 1.67 bits per heavy atom. The van der Waals surface area contributed by atoms with Crippen LogP contribution < -0.4 is 0 Å². The van der Waals surface area contributed by atoms with E-state index in [0.29, 0.717) is 12.3 Å². The minimum absolute atomic E-state index is 0.376. The van der Waals surface area contributed by atoms with Gasteiger partial charge in [0, 0.05) is 0 Å². The number of thiol groups is 1. The van der Waals surface area contributed by atoms with Crippen molar-refractivity contribution in [1.82, 2.24) is 0 Å². The summed E-state index contributed by atoms with van der Waals surface area (Å²) in [5.41, 5.74) is -2.91. The summed E-state index contributed by atoms with van der Waals surface area (Å²) >= 11 is 4.64. The molecule has 5 unspecified atom stereocenters. The monoisotopic (exact) mass is 551 g/mol. The molecule has 0 aromatic heterocycles. The highest BCUT2D eigenvalue weighted by Crippen LogP contribution is 2.30. The van der Waals surface area contributed by atoms with Gasteiger partial charge in [0.15, 0.2) is 6.29 Å². The van der Waals surface area contributed by atoms with Gasteiger partial charge in [-0.2, -0.15) is 0 Å². The maximum absolute atomic E-state index is 11.8. The summed E-state index contributed by atoms with van der Waals surface area (Å²) in [5, 5.41) is 10.2. The SMILES string of the molecule is CCCCCCCCCCCCC(CCCCCCC)CC(S)OC(CC)OC(O)([PH+]=O)C(=O)OC. The molecule has 0 bridgehead atoms. The Morgan fingerprint density at radius 1 is 0.833 bits per heavy atom. The van der Waals surface area contributed by atoms with Crippen LogP contribution in [0, 0.1) is 5.92 Å². The van der Waals surface area contributed by atoms with Gasteiger partial charge in [-0.25, -0.2) is 4.79 Å². The lowest BCUT2D eigenvalue weighted by Crippen LogP contribution is -2.41. The number of carbonyl (C=O) groups excluding carboxylic acids is 1. The van der Waals surface area contributed by atoms with Crippen LogP contribution in [0.4, 0.5) is 0 Å². The van der Waals surface area contributed by atoms with Gasteiger partial charge in [0.1, 0.15) is 5.44 Å². The number of carbonyl (C=O) groups is 1. The van der Waals surface area contributed by atoms with E-state index in [1.54, 1.807) is 0 Å². The molecule has 1 N–H and O–H groups in total. The fourth-order valence-corrected chi connectivity index (χ4v) is 5.30. The molecule has 6 nitrogen and oxygen atoms in total. The lowest BCUT2D eigenvalue weighted by molar-refractivity contribution is -0.257.